The van der Waals surface area contributed by atoms with Gasteiger partial charge in [0.1, 0.15) is 5.82 Å². The van der Waals surface area contributed by atoms with Gasteiger partial charge in [0.05, 0.1) is 17.3 Å². The second kappa shape index (κ2) is 8.02. The Morgan fingerprint density at radius 1 is 1.26 bits per heavy atom. The lowest BCUT2D eigenvalue weighted by molar-refractivity contribution is -0.137. The number of benzene rings is 1. The van der Waals surface area contributed by atoms with Gasteiger partial charge in [-0.2, -0.15) is 13.2 Å². The van der Waals surface area contributed by atoms with Gasteiger partial charge in [0.2, 0.25) is 0 Å². The number of aromatic nitrogens is 2. The standard InChI is InChI=1S/C19H23F3N4O/c1-13(14-5-7-15(8-6-14)19(20,21)22)24-18(27)23-10-9-16-12-26-11-3-2-4-17(26)25-16/h5-8,12-13H,2-4,9-11H2,1H3,(H2,23,24,27)/t13-/m0/s1. The number of aryl methyl sites for hydroxylation is 2. The van der Waals surface area contributed by atoms with Crippen LogP contribution in [0.5, 0.6) is 0 Å². The van der Waals surface area contributed by atoms with Crippen molar-refractivity contribution in [2.45, 2.75) is 51.4 Å². The summed E-state index contributed by atoms with van der Waals surface area (Å²) < 4.78 is 40.0. The molecule has 2 amide bonds. The minimum Gasteiger partial charge on any atom is -0.338 e. The van der Waals surface area contributed by atoms with Crippen molar-refractivity contribution in [1.29, 1.82) is 0 Å². The van der Waals surface area contributed by atoms with Gasteiger partial charge < -0.3 is 15.2 Å². The first-order valence-corrected chi connectivity index (χ1v) is 9.09. The number of hydrogen-bond donors (Lipinski definition) is 2. The predicted octanol–water partition coefficient (Wildman–Crippen LogP) is 3.84. The molecule has 3 rings (SSSR count). The fourth-order valence-electron chi connectivity index (χ4n) is 3.19. The number of nitrogens with one attached hydrogen (secondary N) is 2. The average molecular weight is 380 g/mol. The molecule has 0 radical (unpaired) electrons. The lowest BCUT2D eigenvalue weighted by Gasteiger charge is -2.16. The maximum absolute atomic E-state index is 12.6. The van der Waals surface area contributed by atoms with Crippen molar-refractivity contribution < 1.29 is 18.0 Å². The van der Waals surface area contributed by atoms with Crippen LogP contribution in [0.4, 0.5) is 18.0 Å². The molecular formula is C19H23F3N4O. The van der Waals surface area contributed by atoms with Gasteiger partial charge in [0, 0.05) is 32.1 Å². The fourth-order valence-corrected chi connectivity index (χ4v) is 3.19. The van der Waals surface area contributed by atoms with E-state index in [-0.39, 0.29) is 6.03 Å². The summed E-state index contributed by atoms with van der Waals surface area (Å²) in [5.41, 5.74) is 0.869. The summed E-state index contributed by atoms with van der Waals surface area (Å²) in [6, 6.07) is 4.04. The van der Waals surface area contributed by atoms with E-state index in [1.165, 1.54) is 25.0 Å². The van der Waals surface area contributed by atoms with E-state index >= 15 is 0 Å². The molecule has 1 aromatic heterocycles. The van der Waals surface area contributed by atoms with Crippen LogP contribution in [-0.4, -0.2) is 22.1 Å². The molecule has 0 spiro atoms. The monoisotopic (exact) mass is 380 g/mol. The highest BCUT2D eigenvalue weighted by Gasteiger charge is 2.30. The van der Waals surface area contributed by atoms with E-state index < -0.39 is 17.8 Å². The number of imidazole rings is 1. The predicted molar refractivity (Wildman–Crippen MR) is 95.3 cm³/mol. The van der Waals surface area contributed by atoms with Crippen molar-refractivity contribution in [2.75, 3.05) is 6.54 Å². The smallest absolute Gasteiger partial charge is 0.338 e. The summed E-state index contributed by atoms with van der Waals surface area (Å²) in [5, 5.41) is 5.50. The quantitative estimate of drug-likeness (QED) is 0.828. The molecule has 1 aliphatic heterocycles. The molecule has 0 bridgehead atoms. The molecule has 0 aliphatic carbocycles. The Morgan fingerprint density at radius 2 is 2.00 bits per heavy atom. The van der Waals surface area contributed by atoms with E-state index in [4.69, 9.17) is 0 Å². The van der Waals surface area contributed by atoms with Crippen LogP contribution in [0.2, 0.25) is 0 Å². The number of amides is 2. The minimum atomic E-state index is -4.36. The first-order chi connectivity index (χ1) is 12.8. The number of rotatable bonds is 5. The van der Waals surface area contributed by atoms with Crippen LogP contribution in [0, 0.1) is 0 Å². The third-order valence-corrected chi connectivity index (χ3v) is 4.71. The van der Waals surface area contributed by atoms with Crippen molar-refractivity contribution in [3.8, 4) is 0 Å². The largest absolute Gasteiger partial charge is 0.416 e. The van der Waals surface area contributed by atoms with Crippen molar-refractivity contribution in [3.63, 3.8) is 0 Å². The van der Waals surface area contributed by atoms with Gasteiger partial charge in [-0.25, -0.2) is 9.78 Å². The molecule has 27 heavy (non-hydrogen) atoms. The van der Waals surface area contributed by atoms with E-state index in [0.717, 1.165) is 36.6 Å². The van der Waals surface area contributed by atoms with Gasteiger partial charge in [-0.15, -0.1) is 0 Å². The minimum absolute atomic E-state index is 0.355. The van der Waals surface area contributed by atoms with Crippen molar-refractivity contribution >= 4 is 6.03 Å². The molecule has 8 heteroatoms. The number of fused-ring (bicyclic) bond motifs is 1. The molecule has 146 valence electrons. The van der Waals surface area contributed by atoms with Gasteiger partial charge in [0.25, 0.3) is 0 Å². The molecule has 0 unspecified atom stereocenters. The zero-order valence-corrected chi connectivity index (χ0v) is 15.1. The Bertz CT molecular complexity index is 760. The van der Waals surface area contributed by atoms with Crippen LogP contribution in [0.25, 0.3) is 0 Å². The third-order valence-electron chi connectivity index (χ3n) is 4.71. The lowest BCUT2D eigenvalue weighted by Crippen LogP contribution is -2.38. The molecule has 5 nitrogen and oxygen atoms in total. The number of halogens is 3. The second-order valence-corrected chi connectivity index (χ2v) is 6.79. The van der Waals surface area contributed by atoms with E-state index in [9.17, 15) is 18.0 Å². The van der Waals surface area contributed by atoms with Crippen LogP contribution in [0.3, 0.4) is 0 Å². The molecule has 0 saturated carbocycles. The highest BCUT2D eigenvalue weighted by molar-refractivity contribution is 5.74. The van der Waals surface area contributed by atoms with E-state index in [1.807, 2.05) is 6.20 Å². The van der Waals surface area contributed by atoms with Crippen LogP contribution in [0.1, 0.15) is 48.5 Å². The normalized spacial score (nSPS) is 15.1. The summed E-state index contributed by atoms with van der Waals surface area (Å²) in [6.45, 7) is 3.18. The maximum Gasteiger partial charge on any atom is 0.416 e. The fraction of sp³-hybridized carbons (Fsp3) is 0.474. The molecule has 1 aliphatic rings. The number of nitrogens with zero attached hydrogens (tertiary/aromatic N) is 2. The van der Waals surface area contributed by atoms with Gasteiger partial charge in [-0.1, -0.05) is 12.1 Å². The molecule has 2 heterocycles. The molecule has 2 N–H and O–H groups in total. The Hall–Kier alpha value is -2.51. The number of alkyl halides is 3. The van der Waals surface area contributed by atoms with Crippen molar-refractivity contribution in [3.05, 3.63) is 53.1 Å². The zero-order valence-electron chi connectivity index (χ0n) is 15.1. The number of carbonyl (C=O) groups excluding carboxylic acids is 1. The van der Waals surface area contributed by atoms with Crippen LogP contribution in [-0.2, 0) is 25.6 Å². The van der Waals surface area contributed by atoms with Crippen molar-refractivity contribution in [1.82, 2.24) is 20.2 Å². The van der Waals surface area contributed by atoms with Gasteiger partial charge in [0.15, 0.2) is 0 Å². The summed E-state index contributed by atoms with van der Waals surface area (Å²) in [4.78, 5) is 16.6. The summed E-state index contributed by atoms with van der Waals surface area (Å²) in [6.07, 6.45) is 1.66. The maximum atomic E-state index is 12.6. The van der Waals surface area contributed by atoms with E-state index in [1.54, 1.807) is 6.92 Å². The highest BCUT2D eigenvalue weighted by Crippen LogP contribution is 2.29. The SMILES string of the molecule is C[C@H](NC(=O)NCCc1cn2c(n1)CCCC2)c1ccc(C(F)(F)F)cc1. The van der Waals surface area contributed by atoms with Gasteiger partial charge in [-0.05, 0) is 37.5 Å². The van der Waals surface area contributed by atoms with Crippen molar-refractivity contribution in [2.24, 2.45) is 0 Å². The zero-order chi connectivity index (χ0) is 19.4. The molecule has 2 aromatic rings. The number of carbonyl (C=O) groups is 1. The summed E-state index contributed by atoms with van der Waals surface area (Å²) in [7, 11) is 0. The molecular weight excluding hydrogens is 357 g/mol. The Morgan fingerprint density at radius 3 is 2.67 bits per heavy atom. The Balaban J connectivity index is 1.45. The Labute approximate surface area is 156 Å². The van der Waals surface area contributed by atoms with E-state index in [0.29, 0.717) is 18.5 Å². The average Bonchev–Trinajstić information content (AvgIpc) is 3.03. The van der Waals surface area contributed by atoms with Crippen LogP contribution >= 0.6 is 0 Å². The summed E-state index contributed by atoms with van der Waals surface area (Å²) >= 11 is 0. The first-order valence-electron chi connectivity index (χ1n) is 9.09. The third kappa shape index (κ3) is 5.02. The van der Waals surface area contributed by atoms with Gasteiger partial charge >= 0.3 is 12.2 Å². The molecule has 0 fully saturated rings. The van der Waals surface area contributed by atoms with Gasteiger partial charge in [-0.3, -0.25) is 0 Å². The number of hydrogen-bond acceptors (Lipinski definition) is 2. The number of urea groups is 1. The Kier molecular flexibility index (Phi) is 5.72. The van der Waals surface area contributed by atoms with Crippen LogP contribution in [0.15, 0.2) is 30.5 Å². The summed E-state index contributed by atoms with van der Waals surface area (Å²) in [5.74, 6) is 1.11. The lowest BCUT2D eigenvalue weighted by atomic mass is 10.1. The van der Waals surface area contributed by atoms with E-state index in [2.05, 4.69) is 20.2 Å². The van der Waals surface area contributed by atoms with Crippen LogP contribution < -0.4 is 10.6 Å². The molecule has 0 saturated heterocycles. The topological polar surface area (TPSA) is 59.0 Å². The second-order valence-electron chi connectivity index (χ2n) is 6.79. The molecule has 1 atom stereocenters. The molecule has 1 aromatic carbocycles. The highest BCUT2D eigenvalue weighted by atomic mass is 19.4. The first kappa shape index (κ1) is 19.3.